The Hall–Kier alpha value is -0.450. The van der Waals surface area contributed by atoms with Gasteiger partial charge in [0.25, 0.3) is 0 Å². The van der Waals surface area contributed by atoms with Crippen LogP contribution in [-0.4, -0.2) is 63.3 Å². The molecule has 1 heterocycles. The maximum Gasteiger partial charge on any atom is 0.203 e. The van der Waals surface area contributed by atoms with Crippen LogP contribution in [0.4, 0.5) is 0 Å². The molecule has 1 unspecified atom stereocenters. The summed E-state index contributed by atoms with van der Waals surface area (Å²) < 4.78 is 6.66. The van der Waals surface area contributed by atoms with Crippen molar-refractivity contribution in [3.63, 3.8) is 0 Å². The van der Waals surface area contributed by atoms with Crippen molar-refractivity contribution < 1.29 is 14.0 Å². The van der Waals surface area contributed by atoms with Crippen LogP contribution in [0.1, 0.15) is 142 Å². The van der Waals surface area contributed by atoms with Gasteiger partial charge in [-0.15, -0.1) is 0 Å². The number of nitrogens with zero attached hydrogens (tertiary/aromatic N) is 1. The van der Waals surface area contributed by atoms with E-state index in [1.54, 1.807) is 0 Å². The van der Waals surface area contributed by atoms with Crippen LogP contribution in [0.5, 0.6) is 0 Å². The van der Waals surface area contributed by atoms with Gasteiger partial charge >= 0.3 is 0 Å². The number of nitrogens with one attached hydrogen (secondary N) is 1. The summed E-state index contributed by atoms with van der Waals surface area (Å²) in [6.45, 7) is 6.67. The molecule has 4 nitrogen and oxygen atoms in total. The summed E-state index contributed by atoms with van der Waals surface area (Å²) in [4.78, 5) is 12.7. The van der Waals surface area contributed by atoms with Crippen LogP contribution in [0.25, 0.3) is 0 Å². The molecule has 1 rings (SSSR count). The second kappa shape index (κ2) is 22.7. The molecule has 35 heavy (non-hydrogen) atoms. The van der Waals surface area contributed by atoms with E-state index in [2.05, 4.69) is 26.3 Å². The maximum absolute atomic E-state index is 12.7. The third-order valence-corrected chi connectivity index (χ3v) is 7.73. The first-order chi connectivity index (χ1) is 17.0. The molecule has 1 aliphatic rings. The average molecular weight is 496 g/mol. The lowest BCUT2D eigenvalue weighted by Crippen LogP contribution is -2.50. The van der Waals surface area contributed by atoms with E-state index >= 15 is 0 Å². The van der Waals surface area contributed by atoms with E-state index in [1.165, 1.54) is 122 Å². The number of ether oxygens (including phenoxy) is 1. The zero-order valence-corrected chi connectivity index (χ0v) is 24.2. The fraction of sp³-hybridized carbons (Fsp3) is 0.968. The van der Waals surface area contributed by atoms with Gasteiger partial charge in [0.2, 0.25) is 5.78 Å². The lowest BCUT2D eigenvalue weighted by Gasteiger charge is -2.30. The standard InChI is InChI=1S/C31H63N2O2/c1-4-5-6-7-8-9-10-11-12-13-14-15-16-17-18-22-27-35-28-23-26-33(2,3)29-31(34)30-24-20-19-21-25-32-30/h30,32H,4-29H2,1-3H3/q+1. The van der Waals surface area contributed by atoms with Crippen molar-refractivity contribution >= 4 is 5.78 Å². The second-order valence-corrected chi connectivity index (χ2v) is 11.9. The van der Waals surface area contributed by atoms with Crippen LogP contribution < -0.4 is 5.32 Å². The quantitative estimate of drug-likeness (QED) is 0.109. The molecule has 4 heteroatoms. The molecule has 0 aromatic carbocycles. The molecular formula is C31H63N2O2+. The van der Waals surface area contributed by atoms with Crippen LogP contribution in [0, 0.1) is 0 Å². The SMILES string of the molecule is CCCCCCCCCCCCCCCCCCOCCC[N+](C)(C)CC(=O)C1CCCCCN1. The predicted molar refractivity (Wildman–Crippen MR) is 152 cm³/mol. The Morgan fingerprint density at radius 1 is 0.714 bits per heavy atom. The van der Waals surface area contributed by atoms with Crippen LogP contribution in [0.2, 0.25) is 0 Å². The van der Waals surface area contributed by atoms with Crippen molar-refractivity contribution in [1.29, 1.82) is 0 Å². The molecule has 208 valence electrons. The van der Waals surface area contributed by atoms with Gasteiger partial charge in [-0.25, -0.2) is 0 Å². The summed E-state index contributed by atoms with van der Waals surface area (Å²) in [5.41, 5.74) is 0. The molecule has 0 amide bonds. The molecule has 0 aromatic rings. The lowest BCUT2D eigenvalue weighted by molar-refractivity contribution is -0.882. The Balaban J connectivity index is 1.82. The molecule has 1 atom stereocenters. The summed E-state index contributed by atoms with van der Waals surface area (Å²) in [6.07, 6.45) is 28.2. The molecule has 0 radical (unpaired) electrons. The minimum atomic E-state index is 0.0843. The number of carbonyl (C=O) groups excluding carboxylic acids is 1. The van der Waals surface area contributed by atoms with Crippen LogP contribution in [0.15, 0.2) is 0 Å². The summed E-state index contributed by atoms with van der Waals surface area (Å²) in [5.74, 6) is 0.394. The number of unbranched alkanes of at least 4 members (excludes halogenated alkanes) is 15. The van der Waals surface area contributed by atoms with Gasteiger partial charge in [0.1, 0.15) is 6.54 Å². The first kappa shape index (κ1) is 32.6. The molecular weight excluding hydrogens is 432 g/mol. The maximum atomic E-state index is 12.7. The minimum Gasteiger partial charge on any atom is -0.381 e. The summed E-state index contributed by atoms with van der Waals surface area (Å²) in [5, 5.41) is 3.45. The zero-order valence-electron chi connectivity index (χ0n) is 24.2. The Bertz CT molecular complexity index is 473. The molecule has 1 saturated heterocycles. The largest absolute Gasteiger partial charge is 0.381 e. The van der Waals surface area contributed by atoms with Gasteiger partial charge in [-0.3, -0.25) is 4.79 Å². The highest BCUT2D eigenvalue weighted by Gasteiger charge is 2.26. The smallest absolute Gasteiger partial charge is 0.203 e. The molecule has 0 aromatic heterocycles. The van der Waals surface area contributed by atoms with Crippen molar-refractivity contribution in [3.05, 3.63) is 0 Å². The molecule has 0 bridgehead atoms. The lowest BCUT2D eigenvalue weighted by atomic mass is 10.0. The van der Waals surface area contributed by atoms with E-state index < -0.39 is 0 Å². The average Bonchev–Trinajstić information content (AvgIpc) is 3.12. The number of rotatable bonds is 24. The molecule has 0 saturated carbocycles. The Morgan fingerprint density at radius 3 is 1.80 bits per heavy atom. The third-order valence-electron chi connectivity index (χ3n) is 7.73. The van der Waals surface area contributed by atoms with E-state index in [9.17, 15) is 4.79 Å². The van der Waals surface area contributed by atoms with Crippen molar-refractivity contribution in [2.45, 2.75) is 148 Å². The van der Waals surface area contributed by atoms with Gasteiger partial charge in [-0.2, -0.15) is 0 Å². The summed E-state index contributed by atoms with van der Waals surface area (Å²) >= 11 is 0. The van der Waals surface area contributed by atoms with Gasteiger partial charge in [-0.05, 0) is 25.8 Å². The normalized spacial score (nSPS) is 16.9. The third kappa shape index (κ3) is 20.3. The Morgan fingerprint density at radius 2 is 1.23 bits per heavy atom. The zero-order chi connectivity index (χ0) is 25.5. The number of carbonyl (C=O) groups is 1. The van der Waals surface area contributed by atoms with E-state index in [0.717, 1.165) is 43.6 Å². The van der Waals surface area contributed by atoms with E-state index in [0.29, 0.717) is 12.3 Å². The fourth-order valence-corrected chi connectivity index (χ4v) is 5.36. The summed E-state index contributed by atoms with van der Waals surface area (Å²) in [7, 11) is 4.37. The monoisotopic (exact) mass is 495 g/mol. The number of Topliss-reactive ketones (excluding diaryl/α,β-unsaturated/α-hetero) is 1. The Kier molecular flexibility index (Phi) is 21.2. The van der Waals surface area contributed by atoms with Crippen LogP contribution in [0.3, 0.4) is 0 Å². The van der Waals surface area contributed by atoms with Gasteiger partial charge in [0.05, 0.1) is 33.3 Å². The van der Waals surface area contributed by atoms with E-state index in [1.807, 2.05) is 0 Å². The van der Waals surface area contributed by atoms with E-state index in [-0.39, 0.29) is 6.04 Å². The highest BCUT2D eigenvalue weighted by Crippen LogP contribution is 2.14. The Labute approximate surface area is 219 Å². The number of ketones is 1. The highest BCUT2D eigenvalue weighted by molar-refractivity contribution is 5.85. The first-order valence-electron chi connectivity index (χ1n) is 15.7. The van der Waals surface area contributed by atoms with Crippen LogP contribution in [-0.2, 0) is 9.53 Å². The number of quaternary nitrogens is 1. The van der Waals surface area contributed by atoms with Crippen molar-refractivity contribution in [2.24, 2.45) is 0 Å². The molecule has 1 fully saturated rings. The van der Waals surface area contributed by atoms with Gasteiger partial charge in [0.15, 0.2) is 0 Å². The second-order valence-electron chi connectivity index (χ2n) is 11.9. The first-order valence-corrected chi connectivity index (χ1v) is 15.7. The van der Waals surface area contributed by atoms with Crippen LogP contribution >= 0.6 is 0 Å². The van der Waals surface area contributed by atoms with Gasteiger partial charge < -0.3 is 14.5 Å². The predicted octanol–water partition coefficient (Wildman–Crippen LogP) is 7.83. The topological polar surface area (TPSA) is 38.3 Å². The summed E-state index contributed by atoms with van der Waals surface area (Å²) in [6, 6.07) is 0.0843. The molecule has 1 N–H and O–H groups in total. The van der Waals surface area contributed by atoms with Gasteiger partial charge in [-0.1, -0.05) is 116 Å². The molecule has 0 spiro atoms. The van der Waals surface area contributed by atoms with Crippen molar-refractivity contribution in [2.75, 3.05) is 46.9 Å². The van der Waals surface area contributed by atoms with Crippen molar-refractivity contribution in [3.8, 4) is 0 Å². The van der Waals surface area contributed by atoms with Gasteiger partial charge in [0, 0.05) is 13.0 Å². The minimum absolute atomic E-state index is 0.0843. The fourth-order valence-electron chi connectivity index (χ4n) is 5.36. The number of hydrogen-bond acceptors (Lipinski definition) is 3. The molecule has 1 aliphatic heterocycles. The highest BCUT2D eigenvalue weighted by atomic mass is 16.5. The number of likely N-dealkylation sites (N-methyl/N-ethyl adjacent to an activating group) is 1. The number of hydrogen-bond donors (Lipinski definition) is 1. The van der Waals surface area contributed by atoms with E-state index in [4.69, 9.17) is 4.74 Å². The molecule has 0 aliphatic carbocycles. The van der Waals surface area contributed by atoms with Crippen molar-refractivity contribution in [1.82, 2.24) is 5.32 Å².